The third kappa shape index (κ3) is 5.38. The normalized spacial score (nSPS) is 13.3. The van der Waals surface area contributed by atoms with Crippen molar-refractivity contribution in [3.8, 4) is 5.75 Å². The molecule has 0 aliphatic heterocycles. The number of nitrogens with zero attached hydrogens (tertiary/aromatic N) is 2. The molecule has 3 rings (SSSR count). The lowest BCUT2D eigenvalue weighted by Gasteiger charge is -2.09. The van der Waals surface area contributed by atoms with Gasteiger partial charge in [0.15, 0.2) is 5.75 Å². The average Bonchev–Trinajstić information content (AvgIpc) is 2.71. The summed E-state index contributed by atoms with van der Waals surface area (Å²) in [6.45, 7) is 0. The van der Waals surface area contributed by atoms with E-state index in [2.05, 4.69) is 10.2 Å². The molecule has 0 aliphatic rings. The number of hydrogen-bond donors (Lipinski definition) is 3. The van der Waals surface area contributed by atoms with Gasteiger partial charge >= 0.3 is 0 Å². The van der Waals surface area contributed by atoms with Crippen LogP contribution in [0, 0.1) is 0 Å². The summed E-state index contributed by atoms with van der Waals surface area (Å²) in [4.78, 5) is -1.67. The first kappa shape index (κ1) is 24.8. The second kappa shape index (κ2) is 8.81. The average molecular weight is 533 g/mol. The summed E-state index contributed by atoms with van der Waals surface area (Å²) >= 11 is 5.32. The number of sulfone groups is 1. The second-order valence-corrected chi connectivity index (χ2v) is 11.3. The minimum atomic E-state index is -4.98. The Morgan fingerprint density at radius 2 is 1.52 bits per heavy atom. The van der Waals surface area contributed by atoms with Gasteiger partial charge in [0, 0.05) is 16.3 Å². The predicted molar refractivity (Wildman–Crippen MR) is 118 cm³/mol. The smallest absolute Gasteiger partial charge is 0.296 e. The van der Waals surface area contributed by atoms with Gasteiger partial charge in [-0.05, 0) is 47.9 Å². The van der Waals surface area contributed by atoms with E-state index in [0.717, 1.165) is 41.3 Å². The molecule has 0 aliphatic carbocycles. The number of halogens is 1. The largest absolute Gasteiger partial charge is 0.505 e. The zero-order valence-corrected chi connectivity index (χ0v) is 19.3. The lowest BCUT2D eigenvalue weighted by molar-refractivity contribution is 0.472. The van der Waals surface area contributed by atoms with E-state index >= 15 is 0 Å². The minimum absolute atomic E-state index is 0.0402. The minimum Gasteiger partial charge on any atom is -0.505 e. The molecular formula is C18H13ClN2O9S3. The number of phenolic OH excluding ortho intramolecular Hbond substituents is 1. The van der Waals surface area contributed by atoms with Crippen molar-refractivity contribution in [1.82, 2.24) is 0 Å². The van der Waals surface area contributed by atoms with Gasteiger partial charge in [0.1, 0.15) is 10.6 Å². The molecule has 0 saturated heterocycles. The Hall–Kier alpha value is -2.88. The first-order valence-corrected chi connectivity index (χ1v) is 13.4. The number of aromatic hydroxyl groups is 1. The van der Waals surface area contributed by atoms with Gasteiger partial charge in [0.25, 0.3) is 20.2 Å². The molecule has 0 atom stereocenters. The molecule has 0 radical (unpaired) electrons. The molecule has 0 bridgehead atoms. The maximum Gasteiger partial charge on any atom is 0.296 e. The Labute approximate surface area is 193 Å². The molecule has 3 aromatic carbocycles. The fourth-order valence-electron chi connectivity index (χ4n) is 2.76. The van der Waals surface area contributed by atoms with Crippen molar-refractivity contribution in [3.63, 3.8) is 0 Å². The van der Waals surface area contributed by atoms with Crippen LogP contribution in [-0.2, 0) is 30.1 Å². The quantitative estimate of drug-likeness (QED) is 0.312. The highest BCUT2D eigenvalue weighted by Crippen LogP contribution is 2.42. The van der Waals surface area contributed by atoms with E-state index < -0.39 is 51.3 Å². The highest BCUT2D eigenvalue weighted by Gasteiger charge is 2.23. The van der Waals surface area contributed by atoms with Crippen LogP contribution in [0.15, 0.2) is 84.4 Å². The molecule has 0 spiro atoms. The maximum absolute atomic E-state index is 12.1. The standard InChI is InChI=1S/C18H13ClN2O9S3/c19-6-7-31(23,24)13-3-1-2-12(10-13)20-21-17-16(33(28,29)30)9-11-8-14(32(25,26)27)4-5-15(11)18(17)22/h1-10,22H,(H,25,26,27)(H,28,29,30). The van der Waals surface area contributed by atoms with E-state index in [1.807, 2.05) is 0 Å². The molecule has 33 heavy (non-hydrogen) atoms. The van der Waals surface area contributed by atoms with Crippen LogP contribution in [0.5, 0.6) is 5.75 Å². The Bertz CT molecular complexity index is 1650. The molecule has 0 heterocycles. The van der Waals surface area contributed by atoms with Gasteiger partial charge in [-0.1, -0.05) is 17.7 Å². The van der Waals surface area contributed by atoms with E-state index in [1.165, 1.54) is 18.2 Å². The van der Waals surface area contributed by atoms with E-state index in [9.17, 15) is 39.5 Å². The molecular weight excluding hydrogens is 520 g/mol. The molecule has 174 valence electrons. The van der Waals surface area contributed by atoms with Crippen LogP contribution in [0.2, 0.25) is 0 Å². The van der Waals surface area contributed by atoms with Crippen molar-refractivity contribution in [2.75, 3.05) is 0 Å². The van der Waals surface area contributed by atoms with Crippen molar-refractivity contribution < 1.29 is 39.5 Å². The van der Waals surface area contributed by atoms with Crippen LogP contribution in [-0.4, -0.2) is 39.5 Å². The van der Waals surface area contributed by atoms with Gasteiger partial charge in [0.2, 0.25) is 9.84 Å². The van der Waals surface area contributed by atoms with Crippen molar-refractivity contribution in [2.24, 2.45) is 10.2 Å². The number of benzene rings is 3. The summed E-state index contributed by atoms with van der Waals surface area (Å²) in [5, 5.41) is 18.5. The molecule has 0 aromatic heterocycles. The third-order valence-electron chi connectivity index (χ3n) is 4.24. The van der Waals surface area contributed by atoms with Crippen LogP contribution < -0.4 is 0 Å². The molecule has 0 saturated carbocycles. The monoisotopic (exact) mass is 532 g/mol. The van der Waals surface area contributed by atoms with Crippen molar-refractivity contribution >= 4 is 63.8 Å². The van der Waals surface area contributed by atoms with Crippen LogP contribution in [0.3, 0.4) is 0 Å². The van der Waals surface area contributed by atoms with E-state index in [4.69, 9.17) is 11.6 Å². The molecule has 3 N–H and O–H groups in total. The van der Waals surface area contributed by atoms with Gasteiger partial charge in [-0.15, -0.1) is 5.11 Å². The van der Waals surface area contributed by atoms with E-state index in [-0.39, 0.29) is 21.4 Å². The Balaban J connectivity index is 2.21. The summed E-state index contributed by atoms with van der Waals surface area (Å²) in [6, 6.07) is 8.82. The number of rotatable bonds is 6. The number of hydrogen-bond acceptors (Lipinski definition) is 9. The highest BCUT2D eigenvalue weighted by atomic mass is 35.5. The molecule has 0 amide bonds. The van der Waals surface area contributed by atoms with Gasteiger partial charge < -0.3 is 5.11 Å². The zero-order chi connectivity index (χ0) is 24.6. The highest BCUT2D eigenvalue weighted by molar-refractivity contribution is 7.94. The molecule has 3 aromatic rings. The lowest BCUT2D eigenvalue weighted by atomic mass is 10.1. The van der Waals surface area contributed by atoms with E-state index in [1.54, 1.807) is 0 Å². The van der Waals surface area contributed by atoms with Crippen LogP contribution in [0.1, 0.15) is 0 Å². The fraction of sp³-hybridized carbons (Fsp3) is 0. The lowest BCUT2D eigenvalue weighted by Crippen LogP contribution is -2.00. The predicted octanol–water partition coefficient (Wildman–Crippen LogP) is 3.94. The van der Waals surface area contributed by atoms with Crippen molar-refractivity contribution in [3.05, 3.63) is 59.5 Å². The van der Waals surface area contributed by atoms with Gasteiger partial charge in [-0.25, -0.2) is 8.42 Å². The maximum atomic E-state index is 12.1. The Kier molecular flexibility index (Phi) is 6.61. The third-order valence-corrected chi connectivity index (χ3v) is 7.64. The summed E-state index contributed by atoms with van der Waals surface area (Å²) in [5.41, 5.74) is 0.0859. The van der Waals surface area contributed by atoms with E-state index in [0.29, 0.717) is 0 Å². The SMILES string of the molecule is O=S(=O)(O)c1ccc2c(O)c(N=Nc3cccc(S(=O)(=O)C=CCl)c3)c(S(=O)(=O)O)cc2c1. The zero-order valence-electron chi connectivity index (χ0n) is 16.1. The number of fused-ring (bicyclic) bond motifs is 1. The molecule has 0 fully saturated rings. The first-order chi connectivity index (χ1) is 15.2. The Morgan fingerprint density at radius 1 is 0.818 bits per heavy atom. The molecule has 11 nitrogen and oxygen atoms in total. The van der Waals surface area contributed by atoms with Crippen LogP contribution in [0.4, 0.5) is 11.4 Å². The molecule has 15 heteroatoms. The number of azo groups is 1. The van der Waals surface area contributed by atoms with Gasteiger partial charge in [-0.2, -0.15) is 21.9 Å². The summed E-state index contributed by atoms with van der Waals surface area (Å²) in [7, 11) is -13.5. The van der Waals surface area contributed by atoms with Crippen molar-refractivity contribution in [2.45, 2.75) is 14.7 Å². The summed E-state index contributed by atoms with van der Waals surface area (Å²) in [5.74, 6) is -0.764. The van der Waals surface area contributed by atoms with Crippen molar-refractivity contribution in [1.29, 1.82) is 0 Å². The number of phenols is 1. The summed E-state index contributed by atoms with van der Waals surface area (Å²) < 4.78 is 89.4. The van der Waals surface area contributed by atoms with Crippen LogP contribution >= 0.6 is 11.6 Å². The molecule has 0 unspecified atom stereocenters. The van der Waals surface area contributed by atoms with Gasteiger partial charge in [-0.3, -0.25) is 9.11 Å². The topological polar surface area (TPSA) is 188 Å². The fourth-order valence-corrected chi connectivity index (χ4v) is 5.19. The van der Waals surface area contributed by atoms with Gasteiger partial charge in [0.05, 0.1) is 15.5 Å². The second-order valence-electron chi connectivity index (χ2n) is 6.41. The summed E-state index contributed by atoms with van der Waals surface area (Å²) in [6.07, 6.45) is 0. The van der Waals surface area contributed by atoms with Crippen LogP contribution in [0.25, 0.3) is 10.8 Å². The first-order valence-electron chi connectivity index (χ1n) is 8.52. The Morgan fingerprint density at radius 3 is 2.12 bits per heavy atom.